The summed E-state index contributed by atoms with van der Waals surface area (Å²) in [5, 5.41) is 5.73. The molecule has 4 heteroatoms. The molecule has 3 rings (SSSR count). The summed E-state index contributed by atoms with van der Waals surface area (Å²) in [4.78, 5) is 24.4. The van der Waals surface area contributed by atoms with Crippen molar-refractivity contribution in [1.82, 2.24) is 0 Å². The number of amides is 2. The number of aryl methyl sites for hydroxylation is 1. The second-order valence-electron chi connectivity index (χ2n) is 5.83. The molecule has 1 aliphatic heterocycles. The Kier molecular flexibility index (Phi) is 4.42. The third-order valence-electron chi connectivity index (χ3n) is 4.08. The maximum Gasteiger partial charge on any atom is 0.232 e. The van der Waals surface area contributed by atoms with E-state index >= 15 is 0 Å². The van der Waals surface area contributed by atoms with Crippen LogP contribution >= 0.6 is 0 Å². The molecule has 2 aromatic rings. The molecule has 23 heavy (non-hydrogen) atoms. The summed E-state index contributed by atoms with van der Waals surface area (Å²) in [7, 11) is 0. The summed E-state index contributed by atoms with van der Waals surface area (Å²) in [6.07, 6.45) is 2.31. The zero-order valence-corrected chi connectivity index (χ0v) is 13.1. The van der Waals surface area contributed by atoms with Crippen molar-refractivity contribution in [3.8, 4) is 0 Å². The molecule has 0 aliphatic carbocycles. The molecule has 0 saturated carbocycles. The Morgan fingerprint density at radius 3 is 2.65 bits per heavy atom. The average Bonchev–Trinajstić information content (AvgIpc) is 2.56. The summed E-state index contributed by atoms with van der Waals surface area (Å²) in [6.45, 7) is 2.14. The lowest BCUT2D eigenvalue weighted by molar-refractivity contribution is -0.123. The number of nitrogens with one attached hydrogen (secondary N) is 2. The van der Waals surface area contributed by atoms with E-state index in [-0.39, 0.29) is 18.2 Å². The van der Waals surface area contributed by atoms with E-state index in [2.05, 4.69) is 17.6 Å². The van der Waals surface area contributed by atoms with Gasteiger partial charge >= 0.3 is 0 Å². The lowest BCUT2D eigenvalue weighted by Gasteiger charge is -2.24. The molecule has 0 radical (unpaired) electrons. The minimum atomic E-state index is -0.449. The lowest BCUT2D eigenvalue weighted by atomic mass is 9.90. The molecule has 1 aliphatic rings. The fourth-order valence-electron chi connectivity index (χ4n) is 2.92. The highest BCUT2D eigenvalue weighted by Gasteiger charge is 2.30. The first-order chi connectivity index (χ1) is 11.2. The van der Waals surface area contributed by atoms with Crippen LogP contribution in [0.1, 0.15) is 36.8 Å². The number of carbonyl (C=O) groups excluding carboxylic acids is 2. The van der Waals surface area contributed by atoms with E-state index in [4.69, 9.17) is 0 Å². The number of hydrogen-bond acceptors (Lipinski definition) is 2. The Bertz CT molecular complexity index is 722. The van der Waals surface area contributed by atoms with E-state index in [9.17, 15) is 9.59 Å². The molecule has 1 heterocycles. The van der Waals surface area contributed by atoms with Crippen LogP contribution in [-0.4, -0.2) is 11.8 Å². The minimum Gasteiger partial charge on any atom is -0.326 e. The van der Waals surface area contributed by atoms with E-state index < -0.39 is 5.92 Å². The molecule has 0 saturated heterocycles. The smallest absolute Gasteiger partial charge is 0.232 e. The summed E-state index contributed by atoms with van der Waals surface area (Å²) < 4.78 is 0. The molecular weight excluding hydrogens is 288 g/mol. The Morgan fingerprint density at radius 1 is 1.17 bits per heavy atom. The van der Waals surface area contributed by atoms with Gasteiger partial charge in [-0.1, -0.05) is 43.7 Å². The van der Waals surface area contributed by atoms with Crippen molar-refractivity contribution in [3.05, 3.63) is 59.7 Å². The van der Waals surface area contributed by atoms with Gasteiger partial charge in [-0.15, -0.1) is 0 Å². The number of benzene rings is 2. The van der Waals surface area contributed by atoms with Gasteiger partial charge in [-0.3, -0.25) is 9.59 Å². The first-order valence-electron chi connectivity index (χ1n) is 7.96. The summed E-state index contributed by atoms with van der Waals surface area (Å²) in [6, 6.07) is 15.3. The van der Waals surface area contributed by atoms with Crippen LogP contribution in [0.5, 0.6) is 0 Å². The lowest BCUT2D eigenvalue weighted by Crippen LogP contribution is -2.30. The van der Waals surface area contributed by atoms with Gasteiger partial charge < -0.3 is 10.6 Å². The Balaban J connectivity index is 1.77. The number of carbonyl (C=O) groups is 2. The number of rotatable bonds is 4. The van der Waals surface area contributed by atoms with Gasteiger partial charge in [-0.2, -0.15) is 0 Å². The van der Waals surface area contributed by atoms with E-state index in [1.807, 2.05) is 48.5 Å². The molecule has 2 amide bonds. The molecule has 0 bridgehead atoms. The van der Waals surface area contributed by atoms with Crippen LogP contribution in [0.2, 0.25) is 0 Å². The van der Waals surface area contributed by atoms with E-state index in [1.54, 1.807) is 0 Å². The van der Waals surface area contributed by atoms with Gasteiger partial charge in [0.05, 0.1) is 5.92 Å². The summed E-state index contributed by atoms with van der Waals surface area (Å²) in [5.41, 5.74) is 3.61. The normalized spacial score (nSPS) is 16.4. The third kappa shape index (κ3) is 3.42. The largest absolute Gasteiger partial charge is 0.326 e. The number of fused-ring (bicyclic) bond motifs is 1. The zero-order valence-electron chi connectivity index (χ0n) is 13.1. The highest BCUT2D eigenvalue weighted by Crippen LogP contribution is 2.32. The molecule has 118 valence electrons. The van der Waals surface area contributed by atoms with Gasteiger partial charge in [0.2, 0.25) is 11.8 Å². The first-order valence-corrected chi connectivity index (χ1v) is 7.96. The molecule has 0 fully saturated rings. The van der Waals surface area contributed by atoms with Gasteiger partial charge in [-0.05, 0) is 35.7 Å². The van der Waals surface area contributed by atoms with Crippen molar-refractivity contribution >= 4 is 23.2 Å². The Morgan fingerprint density at radius 2 is 1.91 bits per heavy atom. The van der Waals surface area contributed by atoms with E-state index in [1.165, 1.54) is 5.56 Å². The van der Waals surface area contributed by atoms with Crippen molar-refractivity contribution in [2.24, 2.45) is 0 Å². The van der Waals surface area contributed by atoms with Crippen molar-refractivity contribution in [3.63, 3.8) is 0 Å². The second kappa shape index (κ2) is 6.65. The summed E-state index contributed by atoms with van der Waals surface area (Å²) in [5.74, 6) is -0.715. The fourth-order valence-corrected chi connectivity index (χ4v) is 2.92. The predicted molar refractivity (Wildman–Crippen MR) is 91.5 cm³/mol. The van der Waals surface area contributed by atoms with Gasteiger partial charge in [0.25, 0.3) is 0 Å². The van der Waals surface area contributed by atoms with E-state index in [0.717, 1.165) is 29.8 Å². The van der Waals surface area contributed by atoms with Crippen LogP contribution in [0.25, 0.3) is 0 Å². The fraction of sp³-hybridized carbons (Fsp3) is 0.263. The minimum absolute atomic E-state index is 0.123. The Hall–Kier alpha value is -2.62. The standard InChI is InChI=1S/C19H20N2O2/c1-2-5-13-8-10-14(11-9-13)20-19(23)16-12-18(22)21-17-7-4-3-6-15(16)17/h3-4,6-11,16H,2,5,12H2,1H3,(H,20,23)(H,21,22)/t16-/m1/s1. The predicted octanol–water partition coefficient (Wildman–Crippen LogP) is 3.70. The quantitative estimate of drug-likeness (QED) is 0.904. The topological polar surface area (TPSA) is 58.2 Å². The van der Waals surface area contributed by atoms with Crippen LogP contribution in [0.4, 0.5) is 11.4 Å². The van der Waals surface area contributed by atoms with Crippen LogP contribution in [0, 0.1) is 0 Å². The number of hydrogen-bond donors (Lipinski definition) is 2. The molecule has 0 unspecified atom stereocenters. The van der Waals surface area contributed by atoms with Crippen LogP contribution in [-0.2, 0) is 16.0 Å². The molecule has 1 atom stereocenters. The Labute approximate surface area is 135 Å². The number of anilines is 2. The first kappa shape index (κ1) is 15.3. The number of para-hydroxylation sites is 1. The summed E-state index contributed by atoms with van der Waals surface area (Å²) >= 11 is 0. The monoisotopic (exact) mass is 308 g/mol. The maximum absolute atomic E-state index is 12.6. The molecule has 2 N–H and O–H groups in total. The second-order valence-corrected chi connectivity index (χ2v) is 5.83. The van der Waals surface area contributed by atoms with Crippen LogP contribution in [0.3, 0.4) is 0 Å². The molecule has 0 aromatic heterocycles. The molecule has 0 spiro atoms. The van der Waals surface area contributed by atoms with Crippen molar-refractivity contribution in [2.75, 3.05) is 10.6 Å². The van der Waals surface area contributed by atoms with Crippen molar-refractivity contribution < 1.29 is 9.59 Å². The molecule has 4 nitrogen and oxygen atoms in total. The highest BCUT2D eigenvalue weighted by atomic mass is 16.2. The van der Waals surface area contributed by atoms with Crippen molar-refractivity contribution in [1.29, 1.82) is 0 Å². The highest BCUT2D eigenvalue weighted by molar-refractivity contribution is 6.05. The van der Waals surface area contributed by atoms with Crippen molar-refractivity contribution in [2.45, 2.75) is 32.1 Å². The SMILES string of the molecule is CCCc1ccc(NC(=O)[C@@H]2CC(=O)Nc3ccccc32)cc1. The third-order valence-corrected chi connectivity index (χ3v) is 4.08. The van der Waals surface area contributed by atoms with E-state index in [0.29, 0.717) is 0 Å². The molecule has 2 aromatic carbocycles. The maximum atomic E-state index is 12.6. The van der Waals surface area contributed by atoms with Gasteiger partial charge in [-0.25, -0.2) is 0 Å². The average molecular weight is 308 g/mol. The van der Waals surface area contributed by atoms with Gasteiger partial charge in [0.1, 0.15) is 0 Å². The van der Waals surface area contributed by atoms with Crippen LogP contribution in [0.15, 0.2) is 48.5 Å². The zero-order chi connectivity index (χ0) is 16.2. The van der Waals surface area contributed by atoms with Gasteiger partial charge in [0.15, 0.2) is 0 Å². The molecular formula is C19H20N2O2. The van der Waals surface area contributed by atoms with Crippen LogP contribution < -0.4 is 10.6 Å². The van der Waals surface area contributed by atoms with Gasteiger partial charge in [0, 0.05) is 17.8 Å².